The average Bonchev–Trinajstić information content (AvgIpc) is 3.49. The normalized spacial score (nSPS) is 15.9. The number of rotatable bonds is 5. The predicted molar refractivity (Wildman–Crippen MR) is 133 cm³/mol. The summed E-state index contributed by atoms with van der Waals surface area (Å²) in [5, 5.41) is 6.02. The molecule has 0 aliphatic carbocycles. The van der Waals surface area contributed by atoms with Crippen LogP contribution in [0.4, 0.5) is 11.6 Å². The molecule has 1 atom stereocenters. The number of hydrogen-bond acceptors (Lipinski definition) is 8. The summed E-state index contributed by atoms with van der Waals surface area (Å²) in [6.07, 6.45) is 8.10. The van der Waals surface area contributed by atoms with Gasteiger partial charge in [0.1, 0.15) is 23.8 Å². The number of aryl methyl sites for hydroxylation is 2. The minimum Gasteiger partial charge on any atom is -0.364 e. The third-order valence-corrected chi connectivity index (χ3v) is 6.37. The summed E-state index contributed by atoms with van der Waals surface area (Å²) in [5.74, 6) is 3.32. The van der Waals surface area contributed by atoms with Gasteiger partial charge in [-0.2, -0.15) is 0 Å². The molecule has 1 aliphatic heterocycles. The van der Waals surface area contributed by atoms with Gasteiger partial charge in [0.25, 0.3) is 0 Å². The van der Waals surface area contributed by atoms with E-state index in [-0.39, 0.29) is 6.04 Å². The van der Waals surface area contributed by atoms with Crippen LogP contribution in [0.1, 0.15) is 19.2 Å². The van der Waals surface area contributed by atoms with Crippen LogP contribution in [0, 0.1) is 6.92 Å². The summed E-state index contributed by atoms with van der Waals surface area (Å²) in [7, 11) is 0. The molecule has 170 valence electrons. The fourth-order valence-corrected chi connectivity index (χ4v) is 4.69. The van der Waals surface area contributed by atoms with Crippen molar-refractivity contribution in [2.24, 2.45) is 0 Å². The molecule has 1 aliphatic rings. The molecule has 0 saturated carbocycles. The zero-order chi connectivity index (χ0) is 23.1. The lowest BCUT2D eigenvalue weighted by Gasteiger charge is -2.20. The first-order valence-electron chi connectivity index (χ1n) is 11.6. The van der Waals surface area contributed by atoms with E-state index in [0.29, 0.717) is 0 Å². The quantitative estimate of drug-likeness (QED) is 0.430. The molecule has 4 aromatic heterocycles. The Kier molecular flexibility index (Phi) is 5.01. The largest absolute Gasteiger partial charge is 0.364 e. The zero-order valence-electron chi connectivity index (χ0n) is 19.2. The van der Waals surface area contributed by atoms with Gasteiger partial charge in [-0.25, -0.2) is 29.9 Å². The van der Waals surface area contributed by atoms with Crippen LogP contribution in [-0.4, -0.2) is 53.6 Å². The maximum Gasteiger partial charge on any atom is 0.165 e. The Bertz CT molecular complexity index is 1470. The van der Waals surface area contributed by atoms with E-state index in [0.717, 1.165) is 66.1 Å². The second-order valence-electron chi connectivity index (χ2n) is 8.52. The van der Waals surface area contributed by atoms with Crippen molar-refractivity contribution in [3.63, 3.8) is 0 Å². The van der Waals surface area contributed by atoms with Crippen LogP contribution in [0.15, 0.2) is 55.2 Å². The Morgan fingerprint density at radius 3 is 2.74 bits per heavy atom. The van der Waals surface area contributed by atoms with E-state index in [4.69, 9.17) is 9.97 Å². The van der Waals surface area contributed by atoms with Crippen LogP contribution in [0.2, 0.25) is 0 Å². The van der Waals surface area contributed by atoms with E-state index in [1.807, 2.05) is 25.5 Å². The highest BCUT2D eigenvalue weighted by atomic mass is 15.2. The first-order chi connectivity index (χ1) is 16.7. The van der Waals surface area contributed by atoms with Gasteiger partial charge in [-0.15, -0.1) is 0 Å². The van der Waals surface area contributed by atoms with Crippen molar-refractivity contribution >= 4 is 33.6 Å². The van der Waals surface area contributed by atoms with Gasteiger partial charge in [0, 0.05) is 49.7 Å². The number of benzene rings is 1. The standard InChI is InChI=1S/C25H25N9/c1-3-34-23(18-12-27-16(2)28-13-18)32-21-22(29-15-30-25(21)34)31-19-9-11-33(14-19)24-20-7-5-4-6-17(20)8-10-26-24/h4-8,10,12-13,15,19H,3,9,11,14H2,1-2H3,(H,29,30,31)/t19-/m0/s1. The molecule has 1 fully saturated rings. The molecule has 9 heteroatoms. The number of hydrogen-bond donors (Lipinski definition) is 1. The van der Waals surface area contributed by atoms with E-state index in [2.05, 4.69) is 72.0 Å². The number of nitrogens with one attached hydrogen (secondary N) is 1. The molecule has 0 bridgehead atoms. The van der Waals surface area contributed by atoms with Gasteiger partial charge in [0.2, 0.25) is 0 Å². The molecule has 1 saturated heterocycles. The maximum absolute atomic E-state index is 4.91. The fourth-order valence-electron chi connectivity index (χ4n) is 4.69. The van der Waals surface area contributed by atoms with E-state index in [9.17, 15) is 0 Å². The van der Waals surface area contributed by atoms with E-state index in [1.54, 1.807) is 6.33 Å². The number of nitrogens with zero attached hydrogens (tertiary/aromatic N) is 8. The first kappa shape index (κ1) is 20.5. The van der Waals surface area contributed by atoms with Crippen molar-refractivity contribution in [3.05, 3.63) is 61.1 Å². The van der Waals surface area contributed by atoms with Crippen LogP contribution in [0.5, 0.6) is 0 Å². The summed E-state index contributed by atoms with van der Waals surface area (Å²) in [5.41, 5.74) is 2.44. The van der Waals surface area contributed by atoms with Crippen LogP contribution in [-0.2, 0) is 6.54 Å². The number of fused-ring (bicyclic) bond motifs is 2. The number of anilines is 2. The monoisotopic (exact) mass is 451 g/mol. The molecular formula is C25H25N9. The molecule has 6 rings (SSSR count). The van der Waals surface area contributed by atoms with Gasteiger partial charge in [0.05, 0.1) is 5.56 Å². The van der Waals surface area contributed by atoms with E-state index in [1.165, 1.54) is 10.8 Å². The Balaban J connectivity index is 1.30. The van der Waals surface area contributed by atoms with Crippen molar-refractivity contribution < 1.29 is 0 Å². The molecule has 0 amide bonds. The van der Waals surface area contributed by atoms with Gasteiger partial charge in [-0.05, 0) is 31.7 Å². The van der Waals surface area contributed by atoms with Gasteiger partial charge in [-0.3, -0.25) is 0 Å². The number of pyridine rings is 1. The van der Waals surface area contributed by atoms with Crippen molar-refractivity contribution in [2.45, 2.75) is 32.9 Å². The highest BCUT2D eigenvalue weighted by Crippen LogP contribution is 2.30. The third-order valence-electron chi connectivity index (χ3n) is 6.37. The highest BCUT2D eigenvalue weighted by molar-refractivity contribution is 5.92. The SMILES string of the molecule is CCn1c(-c2cnc(C)nc2)nc2c(N[C@H]3CCN(c4nccc5ccccc45)C3)ncnc21. The Labute approximate surface area is 197 Å². The van der Waals surface area contributed by atoms with E-state index < -0.39 is 0 Å². The lowest BCUT2D eigenvalue weighted by Crippen LogP contribution is -2.27. The lowest BCUT2D eigenvalue weighted by atomic mass is 10.1. The van der Waals surface area contributed by atoms with Gasteiger partial charge in [0.15, 0.2) is 17.0 Å². The zero-order valence-corrected chi connectivity index (χ0v) is 19.2. The minimum absolute atomic E-state index is 0.233. The average molecular weight is 452 g/mol. The minimum atomic E-state index is 0.233. The van der Waals surface area contributed by atoms with E-state index >= 15 is 0 Å². The predicted octanol–water partition coefficient (Wildman–Crippen LogP) is 3.85. The Hall–Kier alpha value is -4.14. The maximum atomic E-state index is 4.91. The second-order valence-corrected chi connectivity index (χ2v) is 8.52. The lowest BCUT2D eigenvalue weighted by molar-refractivity contribution is 0.783. The van der Waals surface area contributed by atoms with Gasteiger partial charge < -0.3 is 14.8 Å². The molecule has 34 heavy (non-hydrogen) atoms. The number of aromatic nitrogens is 7. The molecule has 0 unspecified atom stereocenters. The van der Waals surface area contributed by atoms with Crippen molar-refractivity contribution in [1.29, 1.82) is 0 Å². The van der Waals surface area contributed by atoms with Crippen molar-refractivity contribution in [1.82, 2.24) is 34.5 Å². The Morgan fingerprint density at radius 1 is 1.03 bits per heavy atom. The first-order valence-corrected chi connectivity index (χ1v) is 11.6. The second kappa shape index (κ2) is 8.33. The van der Waals surface area contributed by atoms with Gasteiger partial charge >= 0.3 is 0 Å². The molecule has 9 nitrogen and oxygen atoms in total. The molecule has 1 N–H and O–H groups in total. The van der Waals surface area contributed by atoms with Crippen molar-refractivity contribution in [2.75, 3.05) is 23.3 Å². The highest BCUT2D eigenvalue weighted by Gasteiger charge is 2.26. The molecule has 0 radical (unpaired) electrons. The smallest absolute Gasteiger partial charge is 0.165 e. The van der Waals surface area contributed by atoms with Crippen LogP contribution < -0.4 is 10.2 Å². The van der Waals surface area contributed by atoms with Crippen LogP contribution in [0.25, 0.3) is 33.3 Å². The summed E-state index contributed by atoms with van der Waals surface area (Å²) >= 11 is 0. The van der Waals surface area contributed by atoms with Gasteiger partial charge in [-0.1, -0.05) is 24.3 Å². The molecule has 0 spiro atoms. The topological polar surface area (TPSA) is 97.5 Å². The van der Waals surface area contributed by atoms with Crippen molar-refractivity contribution in [3.8, 4) is 11.4 Å². The summed E-state index contributed by atoms with van der Waals surface area (Å²) in [6, 6.07) is 10.7. The summed E-state index contributed by atoms with van der Waals surface area (Å²) in [4.78, 5) is 29.7. The molecule has 5 heterocycles. The number of imidazole rings is 1. The fraction of sp³-hybridized carbons (Fsp3) is 0.280. The molecule has 5 aromatic rings. The summed E-state index contributed by atoms with van der Waals surface area (Å²) in [6.45, 7) is 6.47. The molecular weight excluding hydrogens is 426 g/mol. The third kappa shape index (κ3) is 3.49. The molecule has 1 aromatic carbocycles. The van der Waals surface area contributed by atoms with Crippen LogP contribution >= 0.6 is 0 Å². The Morgan fingerprint density at radius 2 is 1.88 bits per heavy atom. The summed E-state index contributed by atoms with van der Waals surface area (Å²) < 4.78 is 2.08. The van der Waals surface area contributed by atoms with Crippen LogP contribution in [0.3, 0.4) is 0 Å².